The number of nitrogens with zero attached hydrogens (tertiary/aromatic N) is 1. The summed E-state index contributed by atoms with van der Waals surface area (Å²) in [7, 11) is -0.239. The van der Waals surface area contributed by atoms with E-state index in [4.69, 9.17) is 16.3 Å². The Bertz CT molecular complexity index is 590. The van der Waals surface area contributed by atoms with E-state index >= 15 is 0 Å². The molecule has 1 heterocycles. The average Bonchev–Trinajstić information content (AvgIpc) is 2.48. The number of nitrogens with one attached hydrogen (secondary N) is 1. The number of halogens is 1. The molecule has 1 aliphatic rings. The quantitative estimate of drug-likeness (QED) is 0.895. The van der Waals surface area contributed by atoms with Gasteiger partial charge in [-0.3, -0.25) is 0 Å². The molecule has 0 spiro atoms. The van der Waals surface area contributed by atoms with Gasteiger partial charge in [-0.05, 0) is 50.6 Å². The van der Waals surface area contributed by atoms with Crippen LogP contribution < -0.4 is 10.1 Å². The van der Waals surface area contributed by atoms with Gasteiger partial charge < -0.3 is 10.1 Å². The number of hydrogen-bond donors (Lipinski definition) is 1. The zero-order valence-electron chi connectivity index (χ0n) is 12.3. The third-order valence-corrected chi connectivity index (χ3v) is 5.84. The summed E-state index contributed by atoms with van der Waals surface area (Å²) in [4.78, 5) is 0.141. The normalized spacial score (nSPS) is 20.4. The molecule has 1 unspecified atom stereocenters. The summed E-state index contributed by atoms with van der Waals surface area (Å²) in [5.74, 6) is 0.666. The fourth-order valence-corrected chi connectivity index (χ4v) is 4.66. The Morgan fingerprint density at radius 2 is 2.24 bits per heavy atom. The van der Waals surface area contributed by atoms with Crippen molar-refractivity contribution in [2.75, 3.05) is 33.8 Å². The summed E-state index contributed by atoms with van der Waals surface area (Å²) in [6.07, 6.45) is 1.91. The van der Waals surface area contributed by atoms with Crippen LogP contribution in [0.2, 0.25) is 5.02 Å². The fraction of sp³-hybridized carbons (Fsp3) is 0.571. The van der Waals surface area contributed by atoms with Crippen molar-refractivity contribution in [1.82, 2.24) is 9.62 Å². The molecule has 1 aromatic rings. The van der Waals surface area contributed by atoms with Crippen molar-refractivity contribution in [3.63, 3.8) is 0 Å². The van der Waals surface area contributed by atoms with Crippen LogP contribution >= 0.6 is 11.6 Å². The molecule has 7 heteroatoms. The number of hydrogen-bond acceptors (Lipinski definition) is 4. The van der Waals surface area contributed by atoms with Crippen molar-refractivity contribution in [1.29, 1.82) is 0 Å². The number of piperidine rings is 1. The van der Waals surface area contributed by atoms with Gasteiger partial charge in [0.15, 0.2) is 0 Å². The number of sulfonamides is 1. The van der Waals surface area contributed by atoms with Crippen LogP contribution in [0.25, 0.3) is 0 Å². The molecule has 1 N–H and O–H groups in total. The van der Waals surface area contributed by atoms with Gasteiger partial charge in [0.1, 0.15) is 10.6 Å². The maximum Gasteiger partial charge on any atom is 0.246 e. The molecule has 1 fully saturated rings. The minimum atomic E-state index is -3.58. The molecule has 118 valence electrons. The summed E-state index contributed by atoms with van der Waals surface area (Å²) in [5, 5.41) is 3.50. The van der Waals surface area contributed by atoms with Crippen molar-refractivity contribution >= 4 is 21.6 Å². The smallest absolute Gasteiger partial charge is 0.246 e. The van der Waals surface area contributed by atoms with Gasteiger partial charge in [0.25, 0.3) is 0 Å². The average molecular weight is 333 g/mol. The van der Waals surface area contributed by atoms with E-state index in [9.17, 15) is 8.42 Å². The third-order valence-electron chi connectivity index (χ3n) is 3.72. The molecule has 1 aromatic carbocycles. The SMILES string of the molecule is CNCC1CCCN(S(=O)(=O)c2cc(Cl)ccc2OC)C1. The van der Waals surface area contributed by atoms with Crippen molar-refractivity contribution in [2.24, 2.45) is 5.92 Å². The maximum absolute atomic E-state index is 12.8. The first-order valence-corrected chi connectivity index (χ1v) is 8.79. The highest BCUT2D eigenvalue weighted by atomic mass is 35.5. The fourth-order valence-electron chi connectivity index (χ4n) is 2.69. The summed E-state index contributed by atoms with van der Waals surface area (Å²) in [5.41, 5.74) is 0. The molecule has 2 rings (SSSR count). The van der Waals surface area contributed by atoms with Gasteiger partial charge in [-0.1, -0.05) is 11.6 Å². The van der Waals surface area contributed by atoms with E-state index in [1.165, 1.54) is 17.5 Å². The molecule has 1 saturated heterocycles. The van der Waals surface area contributed by atoms with Crippen LogP contribution in [0.4, 0.5) is 0 Å². The Balaban J connectivity index is 2.31. The van der Waals surface area contributed by atoms with Gasteiger partial charge in [-0.2, -0.15) is 4.31 Å². The van der Waals surface area contributed by atoms with E-state index in [1.54, 1.807) is 12.1 Å². The number of ether oxygens (including phenoxy) is 1. The molecule has 0 bridgehead atoms. The summed E-state index contributed by atoms with van der Waals surface area (Å²) < 4.78 is 32.4. The van der Waals surface area contributed by atoms with Crippen LogP contribution in [0, 0.1) is 5.92 Å². The summed E-state index contributed by atoms with van der Waals surface area (Å²) in [6, 6.07) is 4.67. The minimum Gasteiger partial charge on any atom is -0.495 e. The molecule has 1 aliphatic heterocycles. The third kappa shape index (κ3) is 3.69. The highest BCUT2D eigenvalue weighted by Gasteiger charge is 2.32. The van der Waals surface area contributed by atoms with Crippen molar-refractivity contribution in [2.45, 2.75) is 17.7 Å². The van der Waals surface area contributed by atoms with Crippen LogP contribution in [0.1, 0.15) is 12.8 Å². The largest absolute Gasteiger partial charge is 0.495 e. The second-order valence-corrected chi connectivity index (χ2v) is 7.57. The second kappa shape index (κ2) is 6.96. The van der Waals surface area contributed by atoms with E-state index in [1.807, 2.05) is 7.05 Å². The van der Waals surface area contributed by atoms with E-state index in [-0.39, 0.29) is 4.90 Å². The lowest BCUT2D eigenvalue weighted by Gasteiger charge is -2.32. The molecule has 1 atom stereocenters. The Labute approximate surface area is 131 Å². The monoisotopic (exact) mass is 332 g/mol. The van der Waals surface area contributed by atoms with E-state index in [2.05, 4.69) is 5.32 Å². The van der Waals surface area contributed by atoms with Crippen LogP contribution in [0.5, 0.6) is 5.75 Å². The molecule has 0 saturated carbocycles. The minimum absolute atomic E-state index is 0.141. The Morgan fingerprint density at radius 3 is 2.90 bits per heavy atom. The first kappa shape index (κ1) is 16.5. The van der Waals surface area contributed by atoms with E-state index < -0.39 is 10.0 Å². The molecule has 21 heavy (non-hydrogen) atoms. The molecular weight excluding hydrogens is 312 g/mol. The molecular formula is C14H21ClN2O3S. The zero-order valence-corrected chi connectivity index (χ0v) is 13.9. The predicted molar refractivity (Wildman–Crippen MR) is 83.4 cm³/mol. The predicted octanol–water partition coefficient (Wildman–Crippen LogP) is 1.97. The van der Waals surface area contributed by atoms with Crippen LogP contribution in [0.15, 0.2) is 23.1 Å². The number of benzene rings is 1. The topological polar surface area (TPSA) is 58.6 Å². The van der Waals surface area contributed by atoms with Crippen molar-refractivity contribution in [3.05, 3.63) is 23.2 Å². The first-order valence-electron chi connectivity index (χ1n) is 6.97. The Hall–Kier alpha value is -0.820. The molecule has 0 radical (unpaired) electrons. The summed E-state index contributed by atoms with van der Waals surface area (Å²) in [6.45, 7) is 1.88. The standard InChI is InChI=1S/C14H21ClN2O3S/c1-16-9-11-4-3-7-17(10-11)21(18,19)14-8-12(15)5-6-13(14)20-2/h5-6,8,11,16H,3-4,7,9-10H2,1-2H3. The van der Waals surface area contributed by atoms with Gasteiger partial charge in [0.2, 0.25) is 10.0 Å². The van der Waals surface area contributed by atoms with Crippen molar-refractivity contribution in [3.8, 4) is 5.75 Å². The lowest BCUT2D eigenvalue weighted by molar-refractivity contribution is 0.262. The molecule has 5 nitrogen and oxygen atoms in total. The Kier molecular flexibility index (Phi) is 5.48. The van der Waals surface area contributed by atoms with E-state index in [0.29, 0.717) is 29.8 Å². The number of methoxy groups -OCH3 is 1. The van der Waals surface area contributed by atoms with Gasteiger partial charge >= 0.3 is 0 Å². The van der Waals surface area contributed by atoms with Gasteiger partial charge in [-0.25, -0.2) is 8.42 Å². The zero-order chi connectivity index (χ0) is 15.5. The second-order valence-electron chi connectivity index (χ2n) is 5.22. The molecule has 0 amide bonds. The van der Waals surface area contributed by atoms with Crippen LogP contribution in [0.3, 0.4) is 0 Å². The molecule has 0 aliphatic carbocycles. The summed E-state index contributed by atoms with van der Waals surface area (Å²) >= 11 is 5.95. The maximum atomic E-state index is 12.8. The van der Waals surface area contributed by atoms with E-state index in [0.717, 1.165) is 19.4 Å². The lowest BCUT2D eigenvalue weighted by Crippen LogP contribution is -2.42. The highest BCUT2D eigenvalue weighted by molar-refractivity contribution is 7.89. The highest BCUT2D eigenvalue weighted by Crippen LogP contribution is 2.31. The van der Waals surface area contributed by atoms with Crippen molar-refractivity contribution < 1.29 is 13.2 Å². The number of rotatable bonds is 5. The van der Waals surface area contributed by atoms with Crippen LogP contribution in [-0.4, -0.2) is 46.5 Å². The van der Waals surface area contributed by atoms with Gasteiger partial charge in [-0.15, -0.1) is 0 Å². The molecule has 0 aromatic heterocycles. The first-order chi connectivity index (χ1) is 9.98. The lowest BCUT2D eigenvalue weighted by atomic mass is 10.00. The van der Waals surface area contributed by atoms with Gasteiger partial charge in [0, 0.05) is 18.1 Å². The van der Waals surface area contributed by atoms with Gasteiger partial charge in [0.05, 0.1) is 7.11 Å². The van der Waals surface area contributed by atoms with Crippen LogP contribution in [-0.2, 0) is 10.0 Å². The Morgan fingerprint density at radius 1 is 1.48 bits per heavy atom.